The molecule has 0 fully saturated rings. The van der Waals surface area contributed by atoms with E-state index in [0.29, 0.717) is 12.4 Å². The Morgan fingerprint density at radius 3 is 2.45 bits per heavy atom. The number of aromatic nitrogens is 2. The van der Waals surface area contributed by atoms with E-state index in [2.05, 4.69) is 10.1 Å². The molecule has 0 N–H and O–H groups in total. The number of rotatable bonds is 10. The average Bonchev–Trinajstić information content (AvgIpc) is 3.23. The Hall–Kier alpha value is -3.31. The lowest BCUT2D eigenvalue weighted by molar-refractivity contribution is -0.131. The first-order chi connectivity index (χ1) is 15.7. The van der Waals surface area contributed by atoms with E-state index in [-0.39, 0.29) is 24.5 Å². The molecule has 9 nitrogen and oxygen atoms in total. The van der Waals surface area contributed by atoms with Gasteiger partial charge in [-0.1, -0.05) is 23.4 Å². The lowest BCUT2D eigenvalue weighted by atomic mass is 10.2. The predicted molar refractivity (Wildman–Crippen MR) is 119 cm³/mol. The van der Waals surface area contributed by atoms with Crippen molar-refractivity contribution in [1.29, 1.82) is 0 Å². The molecule has 2 aromatic carbocycles. The van der Waals surface area contributed by atoms with Gasteiger partial charge in [-0.3, -0.25) is 4.79 Å². The maximum Gasteiger partial charge on any atom is 0.246 e. The second-order valence-electron chi connectivity index (χ2n) is 7.34. The fraction of sp³-hybridized carbons (Fsp3) is 0.318. The van der Waals surface area contributed by atoms with E-state index in [0.717, 1.165) is 21.9 Å². The molecule has 1 heterocycles. The lowest BCUT2D eigenvalue weighted by Crippen LogP contribution is -2.40. The summed E-state index contributed by atoms with van der Waals surface area (Å²) in [6.45, 7) is 1.73. The number of halogens is 1. The normalized spacial score (nSPS) is 11.5. The molecule has 0 aliphatic rings. The molecule has 176 valence electrons. The molecule has 0 saturated heterocycles. The number of nitrogens with zero attached hydrogens (tertiary/aromatic N) is 4. The Morgan fingerprint density at radius 1 is 1.12 bits per heavy atom. The van der Waals surface area contributed by atoms with Gasteiger partial charge in [0.1, 0.15) is 11.6 Å². The first kappa shape index (κ1) is 24.3. The third kappa shape index (κ3) is 6.59. The highest BCUT2D eigenvalue weighted by molar-refractivity contribution is 7.88. The first-order valence-electron chi connectivity index (χ1n) is 10.2. The first-order valence-corrected chi connectivity index (χ1v) is 12.0. The van der Waals surface area contributed by atoms with Crippen LogP contribution in [0.3, 0.4) is 0 Å². The van der Waals surface area contributed by atoms with Gasteiger partial charge in [0.15, 0.2) is 0 Å². The van der Waals surface area contributed by atoms with Crippen LogP contribution in [0.1, 0.15) is 18.4 Å². The fourth-order valence-electron chi connectivity index (χ4n) is 2.97. The van der Waals surface area contributed by atoms with E-state index < -0.39 is 28.3 Å². The molecule has 0 aliphatic carbocycles. The monoisotopic (exact) mass is 476 g/mol. The molecule has 33 heavy (non-hydrogen) atoms. The van der Waals surface area contributed by atoms with Gasteiger partial charge in [0.25, 0.3) is 0 Å². The number of hydrogen-bond donors (Lipinski definition) is 0. The van der Waals surface area contributed by atoms with Gasteiger partial charge in [0, 0.05) is 24.7 Å². The van der Waals surface area contributed by atoms with Crippen molar-refractivity contribution in [3.05, 3.63) is 65.8 Å². The highest BCUT2D eigenvalue weighted by atomic mass is 32.2. The van der Waals surface area contributed by atoms with E-state index in [1.54, 1.807) is 30.3 Å². The Balaban J connectivity index is 1.65. The van der Waals surface area contributed by atoms with Crippen molar-refractivity contribution in [3.63, 3.8) is 0 Å². The Morgan fingerprint density at radius 2 is 1.82 bits per heavy atom. The van der Waals surface area contributed by atoms with E-state index in [9.17, 15) is 17.6 Å². The third-order valence-corrected chi connectivity index (χ3v) is 5.97. The summed E-state index contributed by atoms with van der Waals surface area (Å²) in [5.41, 5.74) is 0.894. The van der Waals surface area contributed by atoms with Crippen molar-refractivity contribution in [2.45, 2.75) is 20.0 Å². The van der Waals surface area contributed by atoms with Gasteiger partial charge in [-0.25, -0.2) is 12.8 Å². The topological polar surface area (TPSA) is 106 Å². The summed E-state index contributed by atoms with van der Waals surface area (Å²) in [6, 6.07) is 13.0. The standard InChI is InChI=1S/C22H25FN4O5S/c1-4-31-18-11-9-16(10-12-18)22-24-20(32-25-22)14-26(2)21(28)15-27(33(3,29)30)13-17-7-5-6-8-19(17)23/h5-12H,4,13-15H2,1-3H3. The summed E-state index contributed by atoms with van der Waals surface area (Å²) >= 11 is 0. The van der Waals surface area contributed by atoms with Gasteiger partial charge in [-0.15, -0.1) is 0 Å². The van der Waals surface area contributed by atoms with Crippen molar-refractivity contribution in [2.75, 3.05) is 26.5 Å². The Kier molecular flexibility index (Phi) is 7.77. The van der Waals surface area contributed by atoms with E-state index in [1.165, 1.54) is 30.1 Å². The van der Waals surface area contributed by atoms with Crippen molar-refractivity contribution < 1.29 is 26.9 Å². The van der Waals surface area contributed by atoms with E-state index in [4.69, 9.17) is 9.26 Å². The van der Waals surface area contributed by atoms with Crippen LogP contribution in [0, 0.1) is 5.82 Å². The van der Waals surface area contributed by atoms with Crippen LogP contribution >= 0.6 is 0 Å². The molecule has 3 rings (SSSR count). The summed E-state index contributed by atoms with van der Waals surface area (Å²) in [7, 11) is -2.27. The number of sulfonamides is 1. The van der Waals surface area contributed by atoms with Gasteiger partial charge in [0.2, 0.25) is 27.6 Å². The number of carbonyl (C=O) groups excluding carboxylic acids is 1. The molecule has 0 radical (unpaired) electrons. The number of amides is 1. The number of hydrogen-bond acceptors (Lipinski definition) is 7. The minimum atomic E-state index is -3.76. The van der Waals surface area contributed by atoms with E-state index in [1.807, 2.05) is 6.92 Å². The molecule has 11 heteroatoms. The number of carbonyl (C=O) groups is 1. The summed E-state index contributed by atoms with van der Waals surface area (Å²) < 4.78 is 49.9. The molecule has 0 saturated carbocycles. The number of benzene rings is 2. The van der Waals surface area contributed by atoms with Crippen molar-refractivity contribution >= 4 is 15.9 Å². The largest absolute Gasteiger partial charge is 0.494 e. The van der Waals surface area contributed by atoms with E-state index >= 15 is 0 Å². The van der Waals surface area contributed by atoms with Gasteiger partial charge in [-0.2, -0.15) is 9.29 Å². The summed E-state index contributed by atoms with van der Waals surface area (Å²) in [5, 5.41) is 3.93. The van der Waals surface area contributed by atoms with Crippen LogP contribution in [0.15, 0.2) is 53.1 Å². The summed E-state index contributed by atoms with van der Waals surface area (Å²) in [5.74, 6) is 0.222. The molecule has 3 aromatic rings. The summed E-state index contributed by atoms with van der Waals surface area (Å²) in [4.78, 5) is 18.2. The molecule has 0 bridgehead atoms. The minimum absolute atomic E-state index is 0.0137. The zero-order valence-electron chi connectivity index (χ0n) is 18.6. The maximum atomic E-state index is 14.0. The van der Waals surface area contributed by atoms with Gasteiger partial charge < -0.3 is 14.2 Å². The number of likely N-dealkylation sites (N-methyl/N-ethyl adjacent to an activating group) is 1. The van der Waals surface area contributed by atoms with Crippen molar-refractivity contribution in [1.82, 2.24) is 19.3 Å². The van der Waals surface area contributed by atoms with Crippen LogP contribution in [0.2, 0.25) is 0 Å². The summed E-state index contributed by atoms with van der Waals surface area (Å²) in [6.07, 6.45) is 0.974. The second-order valence-corrected chi connectivity index (χ2v) is 9.32. The molecule has 1 amide bonds. The highest BCUT2D eigenvalue weighted by Gasteiger charge is 2.24. The quantitative estimate of drug-likeness (QED) is 0.443. The predicted octanol–water partition coefficient (Wildman–Crippen LogP) is 2.69. The third-order valence-electron chi connectivity index (χ3n) is 4.77. The molecular weight excluding hydrogens is 451 g/mol. The van der Waals surface area contributed by atoms with Crippen LogP contribution in [0.25, 0.3) is 11.4 Å². The highest BCUT2D eigenvalue weighted by Crippen LogP contribution is 2.20. The minimum Gasteiger partial charge on any atom is -0.494 e. The lowest BCUT2D eigenvalue weighted by Gasteiger charge is -2.23. The van der Waals surface area contributed by atoms with Gasteiger partial charge in [-0.05, 0) is 37.3 Å². The second kappa shape index (κ2) is 10.5. The average molecular weight is 477 g/mol. The van der Waals surface area contributed by atoms with Crippen molar-refractivity contribution in [3.8, 4) is 17.1 Å². The van der Waals surface area contributed by atoms with Crippen LogP contribution in [-0.4, -0.2) is 60.1 Å². The Labute approximate surface area is 191 Å². The molecule has 1 aromatic heterocycles. The van der Waals surface area contributed by atoms with Gasteiger partial charge in [0.05, 0.1) is 26.0 Å². The smallest absolute Gasteiger partial charge is 0.246 e. The Bertz CT molecular complexity index is 1200. The molecule has 0 unspecified atom stereocenters. The number of ether oxygens (including phenoxy) is 1. The van der Waals surface area contributed by atoms with Crippen molar-refractivity contribution in [2.24, 2.45) is 0 Å². The zero-order chi connectivity index (χ0) is 24.0. The van der Waals surface area contributed by atoms with Crippen LogP contribution in [0.4, 0.5) is 4.39 Å². The molecular formula is C22H25FN4O5S. The fourth-order valence-corrected chi connectivity index (χ4v) is 3.69. The molecule has 0 spiro atoms. The van der Waals surface area contributed by atoms with Crippen LogP contribution in [0.5, 0.6) is 5.75 Å². The van der Waals surface area contributed by atoms with Crippen LogP contribution in [-0.2, 0) is 27.9 Å². The van der Waals surface area contributed by atoms with Gasteiger partial charge >= 0.3 is 0 Å². The van der Waals surface area contributed by atoms with Crippen LogP contribution < -0.4 is 4.74 Å². The maximum absolute atomic E-state index is 14.0. The molecule has 0 atom stereocenters. The molecule has 0 aliphatic heterocycles. The SMILES string of the molecule is CCOc1ccc(-c2noc(CN(C)C(=O)CN(Cc3ccccc3F)S(C)(=O)=O)n2)cc1. The zero-order valence-corrected chi connectivity index (χ0v) is 19.4.